The summed E-state index contributed by atoms with van der Waals surface area (Å²) in [6.45, 7) is -0.404. The molecule has 0 N–H and O–H groups in total. The molecule has 29 heavy (non-hydrogen) atoms. The predicted molar refractivity (Wildman–Crippen MR) is 114 cm³/mol. The first-order chi connectivity index (χ1) is 14.1. The molecule has 3 heteroatoms. The minimum Gasteiger partial charge on any atom is -0.435 e. The lowest BCUT2D eigenvalue weighted by Crippen LogP contribution is -2.34. The Kier molecular flexibility index (Phi) is 7.13. The molecular weight excluding hydrogens is 366 g/mol. The highest BCUT2D eigenvalue weighted by molar-refractivity contribution is 5.29. The minimum atomic E-state index is -2.74. The van der Waals surface area contributed by atoms with E-state index in [0.29, 0.717) is 5.92 Å². The van der Waals surface area contributed by atoms with Gasteiger partial charge in [-0.1, -0.05) is 38.3 Å². The molecule has 1 nitrogen and oxygen atoms in total. The lowest BCUT2D eigenvalue weighted by atomic mass is 9.60. The van der Waals surface area contributed by atoms with Gasteiger partial charge < -0.3 is 4.74 Å². The zero-order valence-corrected chi connectivity index (χ0v) is 18.0. The predicted octanol–water partition coefficient (Wildman–Crippen LogP) is 8.19. The Balaban J connectivity index is 1.25. The highest BCUT2D eigenvalue weighted by Crippen LogP contribution is 2.50. The number of benzene rings is 1. The van der Waals surface area contributed by atoms with E-state index < -0.39 is 6.61 Å². The van der Waals surface area contributed by atoms with E-state index in [-0.39, 0.29) is 5.75 Å². The average Bonchev–Trinajstić information content (AvgIpc) is 2.74. The molecule has 0 bridgehead atoms. The van der Waals surface area contributed by atoms with Gasteiger partial charge in [0.15, 0.2) is 0 Å². The number of rotatable bonds is 6. The molecule has 1 aromatic rings. The Labute approximate surface area is 175 Å². The summed E-state index contributed by atoms with van der Waals surface area (Å²) in [4.78, 5) is 0. The lowest BCUT2D eigenvalue weighted by Gasteiger charge is -2.45. The van der Waals surface area contributed by atoms with Crippen molar-refractivity contribution in [2.24, 2.45) is 29.6 Å². The highest BCUT2D eigenvalue weighted by Gasteiger charge is 2.38. The molecule has 1 aromatic carbocycles. The van der Waals surface area contributed by atoms with Crippen LogP contribution in [-0.2, 0) is 0 Å². The zero-order valence-electron chi connectivity index (χ0n) is 18.0. The average molecular weight is 405 g/mol. The third-order valence-electron chi connectivity index (χ3n) is 8.47. The van der Waals surface area contributed by atoms with Crippen LogP contribution in [0.2, 0.25) is 0 Å². The second kappa shape index (κ2) is 9.79. The van der Waals surface area contributed by atoms with Crippen molar-refractivity contribution in [2.75, 3.05) is 0 Å². The molecule has 4 atom stereocenters. The smallest absolute Gasteiger partial charge is 0.387 e. The van der Waals surface area contributed by atoms with Gasteiger partial charge in [-0.3, -0.25) is 0 Å². The van der Waals surface area contributed by atoms with Crippen LogP contribution in [0.25, 0.3) is 0 Å². The van der Waals surface area contributed by atoms with Crippen molar-refractivity contribution in [2.45, 2.75) is 96.5 Å². The van der Waals surface area contributed by atoms with Crippen LogP contribution in [0.5, 0.6) is 5.75 Å². The minimum absolute atomic E-state index is 0.267. The van der Waals surface area contributed by atoms with Crippen molar-refractivity contribution in [3.8, 4) is 5.75 Å². The van der Waals surface area contributed by atoms with Gasteiger partial charge in [-0.15, -0.1) is 0 Å². The first kappa shape index (κ1) is 21.1. The highest BCUT2D eigenvalue weighted by atomic mass is 19.3. The quantitative estimate of drug-likeness (QED) is 0.464. The molecule has 0 heterocycles. The van der Waals surface area contributed by atoms with E-state index in [4.69, 9.17) is 0 Å². The summed E-state index contributed by atoms with van der Waals surface area (Å²) in [5, 5.41) is 0. The molecular formula is C26H38F2O. The van der Waals surface area contributed by atoms with Crippen molar-refractivity contribution in [3.05, 3.63) is 29.8 Å². The fourth-order valence-corrected chi connectivity index (χ4v) is 6.97. The first-order valence-corrected chi connectivity index (χ1v) is 12.2. The number of fused-ring (bicyclic) bond motifs is 1. The summed E-state index contributed by atoms with van der Waals surface area (Å²) in [6.07, 6.45) is 17.0. The van der Waals surface area contributed by atoms with E-state index in [9.17, 15) is 8.78 Å². The van der Waals surface area contributed by atoms with Gasteiger partial charge in [0.25, 0.3) is 0 Å². The number of halogens is 2. The van der Waals surface area contributed by atoms with Crippen molar-refractivity contribution >= 4 is 0 Å². The molecule has 0 amide bonds. The molecule has 162 valence electrons. The topological polar surface area (TPSA) is 9.23 Å². The number of hydrogen-bond acceptors (Lipinski definition) is 1. The number of hydrogen-bond donors (Lipinski definition) is 0. The molecule has 3 aliphatic rings. The summed E-state index contributed by atoms with van der Waals surface area (Å²) in [5.74, 6) is 5.80. The van der Waals surface area contributed by atoms with Gasteiger partial charge >= 0.3 is 6.61 Å². The van der Waals surface area contributed by atoms with E-state index in [0.717, 1.165) is 29.6 Å². The third kappa shape index (κ3) is 5.33. The molecule has 0 radical (unpaired) electrons. The van der Waals surface area contributed by atoms with E-state index in [1.807, 2.05) is 12.1 Å². The molecule has 0 aromatic heterocycles. The van der Waals surface area contributed by atoms with Gasteiger partial charge in [0.05, 0.1) is 0 Å². The zero-order chi connectivity index (χ0) is 20.2. The van der Waals surface area contributed by atoms with Crippen LogP contribution in [-0.4, -0.2) is 6.61 Å². The monoisotopic (exact) mass is 404 g/mol. The van der Waals surface area contributed by atoms with Gasteiger partial charge in [-0.05, 0) is 111 Å². The van der Waals surface area contributed by atoms with Crippen molar-refractivity contribution < 1.29 is 13.5 Å². The SMILES string of the molecule is CCCC1CCC2CC(C3CCC(c4ccc(OC(F)F)cc4)CC3)CCC2C1. The van der Waals surface area contributed by atoms with Gasteiger partial charge in [-0.25, -0.2) is 0 Å². The van der Waals surface area contributed by atoms with Gasteiger partial charge in [0, 0.05) is 0 Å². The van der Waals surface area contributed by atoms with Crippen LogP contribution in [0.3, 0.4) is 0 Å². The fourth-order valence-electron chi connectivity index (χ4n) is 6.97. The Morgan fingerprint density at radius 1 is 0.793 bits per heavy atom. The standard InChI is InChI=1S/C26H38F2O/c1-2-3-18-4-5-24-17-23(11-10-22(24)16-18)21-8-6-19(7-9-21)20-12-14-25(15-13-20)29-26(27)28/h12-15,18-19,21-24,26H,2-11,16-17H2,1H3. The molecule has 0 spiro atoms. The maximum absolute atomic E-state index is 12.3. The summed E-state index contributed by atoms with van der Waals surface area (Å²) in [6, 6.07) is 7.37. The maximum atomic E-state index is 12.3. The van der Waals surface area contributed by atoms with Crippen LogP contribution in [0.15, 0.2) is 24.3 Å². The van der Waals surface area contributed by atoms with Gasteiger partial charge in [0.1, 0.15) is 5.75 Å². The molecule has 3 fully saturated rings. The molecule has 4 unspecified atom stereocenters. The van der Waals surface area contributed by atoms with E-state index in [1.54, 1.807) is 12.1 Å². The van der Waals surface area contributed by atoms with Crippen molar-refractivity contribution in [1.29, 1.82) is 0 Å². The van der Waals surface area contributed by atoms with Crippen LogP contribution in [0, 0.1) is 29.6 Å². The molecule has 3 aliphatic carbocycles. The lowest BCUT2D eigenvalue weighted by molar-refractivity contribution is -0.0498. The molecule has 0 saturated heterocycles. The summed E-state index contributed by atoms with van der Waals surface area (Å²) in [7, 11) is 0. The molecule has 3 saturated carbocycles. The largest absolute Gasteiger partial charge is 0.435 e. The van der Waals surface area contributed by atoms with Gasteiger partial charge in [-0.2, -0.15) is 8.78 Å². The van der Waals surface area contributed by atoms with Crippen molar-refractivity contribution in [1.82, 2.24) is 0 Å². The van der Waals surface area contributed by atoms with E-state index >= 15 is 0 Å². The molecule has 0 aliphatic heterocycles. The third-order valence-corrected chi connectivity index (χ3v) is 8.47. The van der Waals surface area contributed by atoms with Crippen LogP contribution >= 0.6 is 0 Å². The normalized spacial score (nSPS) is 35.3. The fraction of sp³-hybridized carbons (Fsp3) is 0.769. The Hall–Kier alpha value is -1.12. The Morgan fingerprint density at radius 3 is 2.03 bits per heavy atom. The van der Waals surface area contributed by atoms with E-state index in [1.165, 1.54) is 82.6 Å². The van der Waals surface area contributed by atoms with Crippen molar-refractivity contribution in [3.63, 3.8) is 0 Å². The summed E-state index contributed by atoms with van der Waals surface area (Å²) in [5.41, 5.74) is 1.29. The maximum Gasteiger partial charge on any atom is 0.387 e. The molecule has 4 rings (SSSR count). The summed E-state index contributed by atoms with van der Waals surface area (Å²) < 4.78 is 29.1. The Bertz CT molecular complexity index is 620. The van der Waals surface area contributed by atoms with Crippen LogP contribution in [0.1, 0.15) is 95.5 Å². The van der Waals surface area contributed by atoms with E-state index in [2.05, 4.69) is 11.7 Å². The van der Waals surface area contributed by atoms with Crippen LogP contribution in [0.4, 0.5) is 8.78 Å². The number of alkyl halides is 2. The summed E-state index contributed by atoms with van der Waals surface area (Å²) >= 11 is 0. The number of ether oxygens (including phenoxy) is 1. The van der Waals surface area contributed by atoms with Crippen LogP contribution < -0.4 is 4.74 Å². The second-order valence-corrected chi connectivity index (χ2v) is 10.1. The second-order valence-electron chi connectivity index (χ2n) is 10.1. The Morgan fingerprint density at radius 2 is 1.38 bits per heavy atom. The first-order valence-electron chi connectivity index (χ1n) is 12.2. The van der Waals surface area contributed by atoms with Gasteiger partial charge in [0.2, 0.25) is 0 Å².